The Morgan fingerprint density at radius 2 is 1.39 bits per heavy atom. The molecular formula is C22H31N3O3. The smallest absolute Gasteiger partial charge is 0.251 e. The molecule has 3 amide bonds. The first kappa shape index (κ1) is 20.4. The molecule has 28 heavy (non-hydrogen) atoms. The first-order chi connectivity index (χ1) is 13.6. The van der Waals surface area contributed by atoms with Crippen LogP contribution >= 0.6 is 0 Å². The van der Waals surface area contributed by atoms with Gasteiger partial charge in [-0.05, 0) is 57.1 Å². The van der Waals surface area contributed by atoms with Crippen LogP contribution in [0.15, 0.2) is 30.3 Å². The fraction of sp³-hybridized carbons (Fsp3) is 0.591. The van der Waals surface area contributed by atoms with Crippen LogP contribution < -0.4 is 5.32 Å². The minimum atomic E-state index is -0.653. The van der Waals surface area contributed by atoms with E-state index >= 15 is 0 Å². The molecule has 0 saturated carbocycles. The molecule has 2 heterocycles. The molecule has 0 spiro atoms. The Bertz CT molecular complexity index is 665. The highest BCUT2D eigenvalue weighted by Crippen LogP contribution is 2.15. The van der Waals surface area contributed by atoms with E-state index in [9.17, 15) is 14.4 Å². The number of nitrogens with one attached hydrogen (secondary N) is 1. The molecule has 152 valence electrons. The molecule has 3 rings (SSSR count). The second-order valence-electron chi connectivity index (χ2n) is 7.76. The Balaban J connectivity index is 1.63. The lowest BCUT2D eigenvalue weighted by Gasteiger charge is -2.31. The van der Waals surface area contributed by atoms with Crippen LogP contribution in [0.3, 0.4) is 0 Å². The molecule has 6 nitrogen and oxygen atoms in total. The summed E-state index contributed by atoms with van der Waals surface area (Å²) in [5, 5.41) is 2.89. The molecular weight excluding hydrogens is 354 g/mol. The van der Waals surface area contributed by atoms with Gasteiger partial charge in [-0.1, -0.05) is 18.2 Å². The number of likely N-dealkylation sites (tertiary alicyclic amines) is 2. The van der Waals surface area contributed by atoms with E-state index in [1.54, 1.807) is 24.3 Å². The molecule has 2 aliphatic rings. The number of rotatable bonds is 6. The fourth-order valence-corrected chi connectivity index (χ4v) is 3.99. The van der Waals surface area contributed by atoms with Crippen molar-refractivity contribution < 1.29 is 14.4 Å². The van der Waals surface area contributed by atoms with E-state index in [1.165, 1.54) is 6.42 Å². The quantitative estimate of drug-likeness (QED) is 0.818. The second-order valence-corrected chi connectivity index (χ2v) is 7.76. The predicted molar refractivity (Wildman–Crippen MR) is 108 cm³/mol. The van der Waals surface area contributed by atoms with Crippen molar-refractivity contribution in [1.82, 2.24) is 15.1 Å². The number of nitrogens with zero attached hydrogens (tertiary/aromatic N) is 2. The van der Waals surface area contributed by atoms with Crippen molar-refractivity contribution in [2.24, 2.45) is 0 Å². The van der Waals surface area contributed by atoms with Crippen LogP contribution in [0.1, 0.15) is 61.7 Å². The van der Waals surface area contributed by atoms with Gasteiger partial charge in [-0.2, -0.15) is 0 Å². The molecule has 0 unspecified atom stereocenters. The monoisotopic (exact) mass is 385 g/mol. The Kier molecular flexibility index (Phi) is 7.46. The average molecular weight is 386 g/mol. The maximum Gasteiger partial charge on any atom is 0.251 e. The molecule has 0 aromatic heterocycles. The van der Waals surface area contributed by atoms with Gasteiger partial charge < -0.3 is 15.1 Å². The Morgan fingerprint density at radius 3 is 2.00 bits per heavy atom. The normalized spacial score (nSPS) is 18.4. The summed E-state index contributed by atoms with van der Waals surface area (Å²) in [5.74, 6) is -0.234. The highest BCUT2D eigenvalue weighted by atomic mass is 16.2. The van der Waals surface area contributed by atoms with Crippen LogP contribution in [0.2, 0.25) is 0 Å². The minimum absolute atomic E-state index is 0.0598. The fourth-order valence-electron chi connectivity index (χ4n) is 3.99. The molecule has 1 aromatic rings. The van der Waals surface area contributed by atoms with Crippen molar-refractivity contribution in [3.05, 3.63) is 35.9 Å². The highest BCUT2D eigenvalue weighted by molar-refractivity contribution is 5.97. The summed E-state index contributed by atoms with van der Waals surface area (Å²) < 4.78 is 0. The van der Waals surface area contributed by atoms with E-state index in [4.69, 9.17) is 0 Å². The second kappa shape index (κ2) is 10.2. The minimum Gasteiger partial charge on any atom is -0.343 e. The Hall–Kier alpha value is -2.37. The number of amides is 3. The van der Waals surface area contributed by atoms with E-state index in [0.29, 0.717) is 18.4 Å². The van der Waals surface area contributed by atoms with Crippen LogP contribution in [0, 0.1) is 0 Å². The van der Waals surface area contributed by atoms with Gasteiger partial charge in [0, 0.05) is 38.2 Å². The number of hydrogen-bond donors (Lipinski definition) is 1. The van der Waals surface area contributed by atoms with Crippen molar-refractivity contribution in [3.63, 3.8) is 0 Å². The third-order valence-corrected chi connectivity index (χ3v) is 5.66. The number of hydrogen-bond acceptors (Lipinski definition) is 3. The van der Waals surface area contributed by atoms with Crippen molar-refractivity contribution >= 4 is 17.7 Å². The molecule has 2 fully saturated rings. The molecule has 1 N–H and O–H groups in total. The lowest BCUT2D eigenvalue weighted by molar-refractivity contribution is -0.135. The molecule has 1 aromatic carbocycles. The first-order valence-corrected chi connectivity index (χ1v) is 10.6. The molecule has 1 atom stereocenters. The Labute approximate surface area is 167 Å². The average Bonchev–Trinajstić information content (AvgIpc) is 2.77. The maximum absolute atomic E-state index is 13.0. The molecule has 6 heteroatoms. The van der Waals surface area contributed by atoms with Crippen molar-refractivity contribution in [2.75, 3.05) is 26.2 Å². The van der Waals surface area contributed by atoms with Crippen molar-refractivity contribution in [3.8, 4) is 0 Å². The number of carbonyl (C=O) groups is 3. The van der Waals surface area contributed by atoms with E-state index < -0.39 is 6.04 Å². The Morgan fingerprint density at radius 1 is 0.821 bits per heavy atom. The van der Waals surface area contributed by atoms with Crippen molar-refractivity contribution in [2.45, 2.75) is 57.4 Å². The van der Waals surface area contributed by atoms with Gasteiger partial charge in [-0.15, -0.1) is 0 Å². The van der Waals surface area contributed by atoms with Crippen LogP contribution in [-0.4, -0.2) is 59.7 Å². The number of benzene rings is 1. The summed E-state index contributed by atoms with van der Waals surface area (Å²) in [4.78, 5) is 41.9. The van der Waals surface area contributed by atoms with E-state index in [1.807, 2.05) is 15.9 Å². The summed E-state index contributed by atoms with van der Waals surface area (Å²) >= 11 is 0. The zero-order valence-electron chi connectivity index (χ0n) is 16.6. The molecule has 2 saturated heterocycles. The summed E-state index contributed by atoms with van der Waals surface area (Å²) in [6.07, 6.45) is 7.04. The zero-order valence-corrected chi connectivity index (χ0v) is 16.6. The van der Waals surface area contributed by atoms with Gasteiger partial charge in [-0.25, -0.2) is 0 Å². The van der Waals surface area contributed by atoms with Crippen LogP contribution in [0.5, 0.6) is 0 Å². The van der Waals surface area contributed by atoms with Gasteiger partial charge in [0.1, 0.15) is 6.04 Å². The highest BCUT2D eigenvalue weighted by Gasteiger charge is 2.28. The first-order valence-electron chi connectivity index (χ1n) is 10.6. The van der Waals surface area contributed by atoms with Gasteiger partial charge in [0.15, 0.2) is 0 Å². The third-order valence-electron chi connectivity index (χ3n) is 5.66. The largest absolute Gasteiger partial charge is 0.343 e. The number of piperidine rings is 2. The van der Waals surface area contributed by atoms with Crippen molar-refractivity contribution in [1.29, 1.82) is 0 Å². The van der Waals surface area contributed by atoms with Crippen LogP contribution in [0.4, 0.5) is 0 Å². The van der Waals surface area contributed by atoms with Crippen LogP contribution in [0.25, 0.3) is 0 Å². The third kappa shape index (κ3) is 5.57. The van der Waals surface area contributed by atoms with Crippen LogP contribution in [-0.2, 0) is 9.59 Å². The topological polar surface area (TPSA) is 69.7 Å². The van der Waals surface area contributed by atoms with E-state index in [0.717, 1.165) is 58.3 Å². The SMILES string of the molecule is O=C(N[C@@H](CCC(=O)N1CCCCC1)C(=O)N1CCCCC1)c1ccccc1. The maximum atomic E-state index is 13.0. The summed E-state index contributed by atoms with van der Waals surface area (Å²) in [6, 6.07) is 8.27. The van der Waals surface area contributed by atoms with Gasteiger partial charge in [0.2, 0.25) is 11.8 Å². The zero-order chi connectivity index (χ0) is 19.8. The molecule has 0 aliphatic carbocycles. The van der Waals surface area contributed by atoms with Gasteiger partial charge in [-0.3, -0.25) is 14.4 Å². The van der Waals surface area contributed by atoms with Gasteiger partial charge in [0.05, 0.1) is 0 Å². The van der Waals surface area contributed by atoms with E-state index in [2.05, 4.69) is 5.32 Å². The molecule has 2 aliphatic heterocycles. The van der Waals surface area contributed by atoms with Gasteiger partial charge >= 0.3 is 0 Å². The summed E-state index contributed by atoms with van der Waals surface area (Å²) in [5.41, 5.74) is 0.529. The van der Waals surface area contributed by atoms with Gasteiger partial charge in [0.25, 0.3) is 5.91 Å². The van der Waals surface area contributed by atoms with E-state index in [-0.39, 0.29) is 17.7 Å². The lowest BCUT2D eigenvalue weighted by Crippen LogP contribution is -2.50. The molecule has 0 bridgehead atoms. The lowest BCUT2D eigenvalue weighted by atomic mass is 10.0. The summed E-state index contributed by atoms with van der Waals surface area (Å²) in [6.45, 7) is 3.08. The molecule has 0 radical (unpaired) electrons. The number of carbonyl (C=O) groups excluding carboxylic acids is 3. The standard InChI is InChI=1S/C22H31N3O3/c26-20(24-14-6-2-7-15-24)13-12-19(22(28)25-16-8-3-9-17-25)23-21(27)18-10-4-1-5-11-18/h1,4-5,10-11,19H,2-3,6-9,12-17H2,(H,23,27)/t19-/m0/s1. The predicted octanol–water partition coefficient (Wildman–Crippen LogP) is 2.59. The summed E-state index contributed by atoms with van der Waals surface area (Å²) in [7, 11) is 0.